The third-order valence-electron chi connectivity index (χ3n) is 2.81. The molecular formula is C15H21N3O. The van der Waals surface area contributed by atoms with Crippen molar-refractivity contribution in [3.05, 3.63) is 48.3 Å². The van der Waals surface area contributed by atoms with Crippen molar-refractivity contribution in [2.24, 2.45) is 0 Å². The minimum atomic E-state index is 0.470. The second kappa shape index (κ2) is 6.95. The predicted molar refractivity (Wildman–Crippen MR) is 76.1 cm³/mol. The van der Waals surface area contributed by atoms with Gasteiger partial charge in [0, 0.05) is 30.5 Å². The molecule has 0 aliphatic carbocycles. The Kier molecular flexibility index (Phi) is 4.98. The number of nitrogens with zero attached hydrogens (tertiary/aromatic N) is 2. The molecule has 1 aromatic carbocycles. The molecule has 1 aromatic heterocycles. The summed E-state index contributed by atoms with van der Waals surface area (Å²) in [6.07, 6.45) is 3.72. The Hall–Kier alpha value is -1.81. The molecule has 0 atom stereocenters. The van der Waals surface area contributed by atoms with E-state index in [9.17, 15) is 0 Å². The van der Waals surface area contributed by atoms with Crippen LogP contribution in [0.3, 0.4) is 0 Å². The van der Waals surface area contributed by atoms with E-state index < -0.39 is 0 Å². The van der Waals surface area contributed by atoms with Crippen LogP contribution < -0.4 is 10.1 Å². The fourth-order valence-electron chi connectivity index (χ4n) is 1.79. The van der Waals surface area contributed by atoms with Crippen LogP contribution in [0.25, 0.3) is 0 Å². The van der Waals surface area contributed by atoms with Gasteiger partial charge in [-0.2, -0.15) is 5.10 Å². The van der Waals surface area contributed by atoms with Crippen molar-refractivity contribution in [3.63, 3.8) is 0 Å². The fraction of sp³-hybridized carbons (Fsp3) is 0.400. The first-order chi connectivity index (χ1) is 9.25. The lowest BCUT2D eigenvalue weighted by Gasteiger charge is -2.13. The minimum absolute atomic E-state index is 0.470. The Morgan fingerprint density at radius 1 is 1.26 bits per heavy atom. The quantitative estimate of drug-likeness (QED) is 0.830. The van der Waals surface area contributed by atoms with Crippen LogP contribution in [0.15, 0.2) is 42.7 Å². The Bertz CT molecular complexity index is 480. The molecule has 0 saturated heterocycles. The van der Waals surface area contributed by atoms with Crippen LogP contribution >= 0.6 is 0 Å². The van der Waals surface area contributed by atoms with Gasteiger partial charge in [-0.3, -0.25) is 4.68 Å². The molecule has 2 aromatic rings. The summed E-state index contributed by atoms with van der Waals surface area (Å²) in [7, 11) is 0. The normalized spacial score (nSPS) is 10.9. The van der Waals surface area contributed by atoms with Crippen molar-refractivity contribution < 1.29 is 4.74 Å². The largest absolute Gasteiger partial charge is 0.491 e. The average molecular weight is 259 g/mol. The first-order valence-electron chi connectivity index (χ1n) is 6.67. The fourth-order valence-corrected chi connectivity index (χ4v) is 1.79. The van der Waals surface area contributed by atoms with Crippen LogP contribution in [-0.2, 0) is 13.1 Å². The Morgan fingerprint density at radius 2 is 2.11 bits per heavy atom. The summed E-state index contributed by atoms with van der Waals surface area (Å²) >= 11 is 0. The van der Waals surface area contributed by atoms with Crippen molar-refractivity contribution in [1.29, 1.82) is 0 Å². The van der Waals surface area contributed by atoms with E-state index in [0.717, 1.165) is 18.8 Å². The number of benzene rings is 1. The molecule has 0 aliphatic heterocycles. The molecule has 0 spiro atoms. The van der Waals surface area contributed by atoms with Crippen LogP contribution in [0.1, 0.15) is 19.4 Å². The molecule has 4 heteroatoms. The third-order valence-corrected chi connectivity index (χ3v) is 2.81. The monoisotopic (exact) mass is 259 g/mol. The summed E-state index contributed by atoms with van der Waals surface area (Å²) in [5.74, 6) is 0.947. The van der Waals surface area contributed by atoms with Crippen molar-refractivity contribution in [3.8, 4) is 5.75 Å². The highest BCUT2D eigenvalue weighted by atomic mass is 16.5. The second-order valence-electron chi connectivity index (χ2n) is 4.76. The maximum atomic E-state index is 5.84. The molecule has 1 N–H and O–H groups in total. The molecule has 4 nitrogen and oxygen atoms in total. The highest BCUT2D eigenvalue weighted by Crippen LogP contribution is 2.17. The van der Waals surface area contributed by atoms with Gasteiger partial charge in [-0.15, -0.1) is 0 Å². The maximum absolute atomic E-state index is 5.84. The number of aromatic nitrogens is 2. The molecule has 0 radical (unpaired) electrons. The summed E-state index contributed by atoms with van der Waals surface area (Å²) in [6.45, 7) is 6.50. The predicted octanol–water partition coefficient (Wildman–Crippen LogP) is 2.46. The van der Waals surface area contributed by atoms with E-state index in [4.69, 9.17) is 4.74 Å². The van der Waals surface area contributed by atoms with Crippen molar-refractivity contribution in [2.45, 2.75) is 33.0 Å². The van der Waals surface area contributed by atoms with Crippen LogP contribution in [-0.4, -0.2) is 22.4 Å². The van der Waals surface area contributed by atoms with Crippen LogP contribution in [0.2, 0.25) is 0 Å². The topological polar surface area (TPSA) is 39.1 Å². The summed E-state index contributed by atoms with van der Waals surface area (Å²) in [4.78, 5) is 0. The molecule has 0 aliphatic rings. The number of para-hydroxylation sites is 1. The summed E-state index contributed by atoms with van der Waals surface area (Å²) < 4.78 is 7.71. The van der Waals surface area contributed by atoms with Crippen LogP contribution in [0, 0.1) is 0 Å². The highest BCUT2D eigenvalue weighted by Gasteiger charge is 2.03. The van der Waals surface area contributed by atoms with E-state index in [1.807, 2.05) is 35.1 Å². The number of hydrogen-bond donors (Lipinski definition) is 1. The minimum Gasteiger partial charge on any atom is -0.491 e. The molecule has 0 unspecified atom stereocenters. The van der Waals surface area contributed by atoms with Gasteiger partial charge in [0.2, 0.25) is 0 Å². The van der Waals surface area contributed by atoms with E-state index in [2.05, 4.69) is 30.3 Å². The lowest BCUT2D eigenvalue weighted by atomic mass is 10.2. The molecule has 102 valence electrons. The molecular weight excluding hydrogens is 238 g/mol. The third kappa shape index (κ3) is 4.41. The zero-order chi connectivity index (χ0) is 13.5. The zero-order valence-electron chi connectivity index (χ0n) is 11.5. The van der Waals surface area contributed by atoms with Gasteiger partial charge < -0.3 is 10.1 Å². The van der Waals surface area contributed by atoms with E-state index in [-0.39, 0.29) is 0 Å². The molecule has 0 fully saturated rings. The van der Waals surface area contributed by atoms with Gasteiger partial charge in [-0.05, 0) is 12.1 Å². The van der Waals surface area contributed by atoms with E-state index >= 15 is 0 Å². The molecule has 19 heavy (non-hydrogen) atoms. The van der Waals surface area contributed by atoms with Crippen molar-refractivity contribution in [2.75, 3.05) is 6.61 Å². The zero-order valence-corrected chi connectivity index (χ0v) is 11.5. The highest BCUT2D eigenvalue weighted by molar-refractivity contribution is 5.33. The maximum Gasteiger partial charge on any atom is 0.123 e. The van der Waals surface area contributed by atoms with Crippen LogP contribution in [0.5, 0.6) is 5.75 Å². The van der Waals surface area contributed by atoms with Crippen molar-refractivity contribution in [1.82, 2.24) is 15.1 Å². The van der Waals surface area contributed by atoms with Crippen molar-refractivity contribution >= 4 is 0 Å². The van der Waals surface area contributed by atoms with Gasteiger partial charge >= 0.3 is 0 Å². The first kappa shape index (κ1) is 13.6. The number of rotatable bonds is 7. The average Bonchev–Trinajstić information content (AvgIpc) is 2.91. The number of nitrogens with one attached hydrogen (secondary N) is 1. The van der Waals surface area contributed by atoms with Gasteiger partial charge in [0.15, 0.2) is 0 Å². The molecule has 1 heterocycles. The Morgan fingerprint density at radius 3 is 2.84 bits per heavy atom. The number of hydrogen-bond acceptors (Lipinski definition) is 3. The molecule has 0 bridgehead atoms. The Labute approximate surface area is 114 Å². The molecule has 0 saturated carbocycles. The molecule has 0 amide bonds. The summed E-state index contributed by atoms with van der Waals surface area (Å²) in [5.41, 5.74) is 1.19. The van der Waals surface area contributed by atoms with Gasteiger partial charge in [-0.25, -0.2) is 0 Å². The van der Waals surface area contributed by atoms with E-state index in [1.54, 1.807) is 6.20 Å². The SMILES string of the molecule is CC(C)NCc1ccccc1OCCn1cccn1. The smallest absolute Gasteiger partial charge is 0.123 e. The molecule has 2 rings (SSSR count). The summed E-state index contributed by atoms with van der Waals surface area (Å²) in [6, 6.07) is 10.5. The van der Waals surface area contributed by atoms with Gasteiger partial charge in [-0.1, -0.05) is 32.0 Å². The van der Waals surface area contributed by atoms with Gasteiger partial charge in [0.05, 0.1) is 6.54 Å². The Balaban J connectivity index is 1.88. The van der Waals surface area contributed by atoms with E-state index in [1.165, 1.54) is 5.56 Å². The van der Waals surface area contributed by atoms with Crippen LogP contribution in [0.4, 0.5) is 0 Å². The standard InChI is InChI=1S/C15H21N3O/c1-13(2)16-12-14-6-3-4-7-15(14)19-11-10-18-9-5-8-17-18/h3-9,13,16H,10-12H2,1-2H3. The van der Waals surface area contributed by atoms with E-state index in [0.29, 0.717) is 12.6 Å². The lowest BCUT2D eigenvalue weighted by molar-refractivity contribution is 0.287. The first-order valence-corrected chi connectivity index (χ1v) is 6.67. The second-order valence-corrected chi connectivity index (χ2v) is 4.76. The number of ether oxygens (including phenoxy) is 1. The van der Waals surface area contributed by atoms with Gasteiger partial charge in [0.1, 0.15) is 12.4 Å². The summed E-state index contributed by atoms with van der Waals surface area (Å²) in [5, 5.41) is 7.56. The lowest BCUT2D eigenvalue weighted by Crippen LogP contribution is -2.22. The van der Waals surface area contributed by atoms with Gasteiger partial charge in [0.25, 0.3) is 0 Å².